The number of rotatable bonds is 3. The highest BCUT2D eigenvalue weighted by Crippen LogP contribution is 2.33. The number of fused-ring (bicyclic) bond motifs is 1. The van der Waals surface area contributed by atoms with E-state index in [1.54, 1.807) is 4.90 Å². The second-order valence-corrected chi connectivity index (χ2v) is 5.19. The topological polar surface area (TPSA) is 75.0 Å². The predicted octanol–water partition coefficient (Wildman–Crippen LogP) is 1.41. The van der Waals surface area contributed by atoms with Crippen LogP contribution in [0.4, 0.5) is 5.69 Å². The molecule has 2 heterocycles. The van der Waals surface area contributed by atoms with E-state index in [-0.39, 0.29) is 5.91 Å². The summed E-state index contributed by atoms with van der Waals surface area (Å²) < 4.78 is 0. The summed E-state index contributed by atoms with van der Waals surface area (Å²) >= 11 is 0. The molecule has 1 aliphatic heterocycles. The van der Waals surface area contributed by atoms with Gasteiger partial charge in [0.05, 0.1) is 12.1 Å². The van der Waals surface area contributed by atoms with E-state index >= 15 is 0 Å². The monoisotopic (exact) mass is 270 g/mol. The van der Waals surface area contributed by atoms with Crippen LogP contribution >= 0.6 is 0 Å². The van der Waals surface area contributed by atoms with Gasteiger partial charge in [-0.3, -0.25) is 9.89 Å². The van der Waals surface area contributed by atoms with Crippen molar-refractivity contribution in [2.45, 2.75) is 19.8 Å². The number of carbonyl (C=O) groups excluding carboxylic acids is 1. The maximum atomic E-state index is 11.7. The van der Waals surface area contributed by atoms with Crippen molar-refractivity contribution in [1.29, 1.82) is 0 Å². The number of anilines is 1. The highest BCUT2D eigenvalue weighted by Gasteiger charge is 2.24. The molecule has 1 aromatic carbocycles. The Morgan fingerprint density at radius 2 is 2.25 bits per heavy atom. The van der Waals surface area contributed by atoms with Gasteiger partial charge in [-0.05, 0) is 37.6 Å². The van der Waals surface area contributed by atoms with Crippen molar-refractivity contribution in [3.63, 3.8) is 0 Å². The molecule has 0 radical (unpaired) electrons. The molecule has 5 nitrogen and oxygen atoms in total. The predicted molar refractivity (Wildman–Crippen MR) is 78.6 cm³/mol. The van der Waals surface area contributed by atoms with E-state index in [9.17, 15) is 4.79 Å². The Balaban J connectivity index is 2.05. The average Bonchev–Trinajstić information content (AvgIpc) is 2.92. The molecular weight excluding hydrogens is 252 g/mol. The molecule has 104 valence electrons. The van der Waals surface area contributed by atoms with Gasteiger partial charge >= 0.3 is 0 Å². The average molecular weight is 270 g/mol. The Morgan fingerprint density at radius 3 is 3.00 bits per heavy atom. The number of nitrogens with zero attached hydrogens (tertiary/aromatic N) is 2. The van der Waals surface area contributed by atoms with Gasteiger partial charge in [0.15, 0.2) is 0 Å². The van der Waals surface area contributed by atoms with E-state index in [2.05, 4.69) is 16.3 Å². The minimum atomic E-state index is 0.137. The van der Waals surface area contributed by atoms with Gasteiger partial charge in [-0.25, -0.2) is 0 Å². The van der Waals surface area contributed by atoms with Crippen LogP contribution in [0.25, 0.3) is 11.3 Å². The maximum Gasteiger partial charge on any atom is 0.231 e. The molecule has 0 aliphatic carbocycles. The van der Waals surface area contributed by atoms with E-state index < -0.39 is 0 Å². The molecule has 0 fully saturated rings. The van der Waals surface area contributed by atoms with Gasteiger partial charge in [0, 0.05) is 29.6 Å². The van der Waals surface area contributed by atoms with Gasteiger partial charge in [0.25, 0.3) is 0 Å². The molecular formula is C15H18N4O. The molecule has 0 saturated heterocycles. The lowest BCUT2D eigenvalue weighted by Gasteiger charge is -2.10. The molecule has 1 aliphatic rings. The van der Waals surface area contributed by atoms with Crippen LogP contribution in [0.3, 0.4) is 0 Å². The molecule has 3 rings (SSSR count). The third kappa shape index (κ3) is 1.91. The van der Waals surface area contributed by atoms with Gasteiger partial charge in [0.2, 0.25) is 5.91 Å². The van der Waals surface area contributed by atoms with Crippen LogP contribution in [0, 0.1) is 6.92 Å². The molecule has 1 aromatic heterocycles. The minimum absolute atomic E-state index is 0.137. The standard InChI is InChI=1S/C15H18N4O/c1-9-12(5-6-16)15(18-17-9)10-3-4-13-11(7-10)8-14(20)19(13)2/h3-4,7H,5-6,8,16H2,1-2H3,(H,17,18). The summed E-state index contributed by atoms with van der Waals surface area (Å²) in [6, 6.07) is 6.07. The normalized spacial score (nSPS) is 13.9. The second kappa shape index (κ2) is 4.76. The van der Waals surface area contributed by atoms with Crippen molar-refractivity contribution in [1.82, 2.24) is 10.2 Å². The number of H-pyrrole nitrogens is 1. The molecule has 0 saturated carbocycles. The van der Waals surface area contributed by atoms with Crippen LogP contribution in [0.2, 0.25) is 0 Å². The Kier molecular flexibility index (Phi) is 3.06. The fourth-order valence-corrected chi connectivity index (χ4v) is 2.76. The van der Waals surface area contributed by atoms with Crippen LogP contribution in [-0.2, 0) is 17.6 Å². The van der Waals surface area contributed by atoms with E-state index in [0.717, 1.165) is 40.2 Å². The van der Waals surface area contributed by atoms with Crippen LogP contribution < -0.4 is 10.6 Å². The number of hydrogen-bond donors (Lipinski definition) is 2. The van der Waals surface area contributed by atoms with Crippen LogP contribution in [0.1, 0.15) is 16.8 Å². The number of carbonyl (C=O) groups is 1. The summed E-state index contributed by atoms with van der Waals surface area (Å²) in [5.41, 5.74) is 11.9. The first-order valence-electron chi connectivity index (χ1n) is 6.75. The van der Waals surface area contributed by atoms with Crippen LogP contribution in [0.5, 0.6) is 0 Å². The summed E-state index contributed by atoms with van der Waals surface area (Å²) in [4.78, 5) is 13.4. The number of hydrogen-bond acceptors (Lipinski definition) is 3. The molecule has 5 heteroatoms. The first kappa shape index (κ1) is 12.9. The molecule has 20 heavy (non-hydrogen) atoms. The van der Waals surface area contributed by atoms with Gasteiger partial charge < -0.3 is 10.6 Å². The highest BCUT2D eigenvalue weighted by molar-refractivity contribution is 6.01. The molecule has 0 spiro atoms. The molecule has 1 amide bonds. The first-order valence-corrected chi connectivity index (χ1v) is 6.75. The smallest absolute Gasteiger partial charge is 0.231 e. The third-order valence-electron chi connectivity index (χ3n) is 3.90. The number of aromatic nitrogens is 2. The Morgan fingerprint density at radius 1 is 1.45 bits per heavy atom. The van der Waals surface area contributed by atoms with E-state index in [0.29, 0.717) is 13.0 Å². The van der Waals surface area contributed by atoms with Crippen LogP contribution in [-0.4, -0.2) is 29.7 Å². The summed E-state index contributed by atoms with van der Waals surface area (Å²) in [7, 11) is 1.81. The van der Waals surface area contributed by atoms with Gasteiger partial charge in [-0.15, -0.1) is 0 Å². The summed E-state index contributed by atoms with van der Waals surface area (Å²) in [5, 5.41) is 7.41. The van der Waals surface area contributed by atoms with Crippen LogP contribution in [0.15, 0.2) is 18.2 Å². The lowest BCUT2D eigenvalue weighted by atomic mass is 10.0. The van der Waals surface area contributed by atoms with E-state index in [4.69, 9.17) is 5.73 Å². The molecule has 0 atom stereocenters. The van der Waals surface area contributed by atoms with E-state index in [1.165, 1.54) is 0 Å². The van der Waals surface area contributed by atoms with Crippen molar-refractivity contribution >= 4 is 11.6 Å². The fourth-order valence-electron chi connectivity index (χ4n) is 2.76. The molecule has 0 unspecified atom stereocenters. The molecule has 2 aromatic rings. The highest BCUT2D eigenvalue weighted by atomic mass is 16.2. The Bertz CT molecular complexity index is 675. The van der Waals surface area contributed by atoms with Gasteiger partial charge in [0.1, 0.15) is 0 Å². The number of nitrogens with one attached hydrogen (secondary N) is 1. The number of benzene rings is 1. The largest absolute Gasteiger partial charge is 0.330 e. The van der Waals surface area contributed by atoms with Crippen molar-refractivity contribution in [2.75, 3.05) is 18.5 Å². The number of aryl methyl sites for hydroxylation is 1. The zero-order chi connectivity index (χ0) is 14.3. The second-order valence-electron chi connectivity index (χ2n) is 5.19. The first-order chi connectivity index (χ1) is 9.61. The van der Waals surface area contributed by atoms with Crippen molar-refractivity contribution < 1.29 is 4.79 Å². The minimum Gasteiger partial charge on any atom is -0.330 e. The van der Waals surface area contributed by atoms with Gasteiger partial charge in [-0.1, -0.05) is 6.07 Å². The zero-order valence-electron chi connectivity index (χ0n) is 11.7. The molecule has 0 bridgehead atoms. The molecule has 3 N–H and O–H groups in total. The third-order valence-corrected chi connectivity index (χ3v) is 3.90. The van der Waals surface area contributed by atoms with E-state index in [1.807, 2.05) is 26.1 Å². The summed E-state index contributed by atoms with van der Waals surface area (Å²) in [6.07, 6.45) is 1.27. The fraction of sp³-hybridized carbons (Fsp3) is 0.333. The summed E-state index contributed by atoms with van der Waals surface area (Å²) in [5.74, 6) is 0.137. The lowest BCUT2D eigenvalue weighted by molar-refractivity contribution is -0.117. The number of nitrogens with two attached hydrogens (primary N) is 1. The van der Waals surface area contributed by atoms with Crippen molar-refractivity contribution in [3.05, 3.63) is 35.0 Å². The summed E-state index contributed by atoms with van der Waals surface area (Å²) in [6.45, 7) is 2.60. The number of amides is 1. The number of likely N-dealkylation sites (N-methyl/N-ethyl adjacent to an activating group) is 1. The Hall–Kier alpha value is -2.14. The quantitative estimate of drug-likeness (QED) is 0.885. The Labute approximate surface area is 117 Å². The number of aromatic amines is 1. The van der Waals surface area contributed by atoms with Gasteiger partial charge in [-0.2, -0.15) is 5.10 Å². The lowest BCUT2D eigenvalue weighted by Crippen LogP contribution is -2.20. The zero-order valence-corrected chi connectivity index (χ0v) is 11.7. The van der Waals surface area contributed by atoms with Crippen molar-refractivity contribution in [2.24, 2.45) is 5.73 Å². The van der Waals surface area contributed by atoms with Crippen molar-refractivity contribution in [3.8, 4) is 11.3 Å². The maximum absolute atomic E-state index is 11.7. The SMILES string of the molecule is Cc1[nH]nc(-c2ccc3c(c2)CC(=O)N3C)c1CCN.